The topological polar surface area (TPSA) is 21.3 Å². The third kappa shape index (κ3) is 4.34. The summed E-state index contributed by atoms with van der Waals surface area (Å²) < 4.78 is 5.81. The van der Waals surface area contributed by atoms with Crippen LogP contribution in [0.2, 0.25) is 0 Å². The van der Waals surface area contributed by atoms with Crippen molar-refractivity contribution in [3.05, 3.63) is 30.3 Å². The molecule has 0 fully saturated rings. The summed E-state index contributed by atoms with van der Waals surface area (Å²) in [6.45, 7) is 7.47. The van der Waals surface area contributed by atoms with Crippen LogP contribution in [0, 0.1) is 0 Å². The number of nitrogens with one attached hydrogen (secondary N) is 1. The lowest BCUT2D eigenvalue weighted by Crippen LogP contribution is -2.39. The zero-order chi connectivity index (χ0) is 11.1. The lowest BCUT2D eigenvalue weighted by atomic mass is 10.2. The van der Waals surface area contributed by atoms with Crippen LogP contribution in [0.15, 0.2) is 30.3 Å². The molecule has 0 radical (unpaired) electrons. The molecule has 0 heterocycles. The summed E-state index contributed by atoms with van der Waals surface area (Å²) in [5.41, 5.74) is 0. The van der Waals surface area contributed by atoms with Gasteiger partial charge < -0.3 is 10.1 Å². The van der Waals surface area contributed by atoms with Crippen molar-refractivity contribution in [2.24, 2.45) is 0 Å². The van der Waals surface area contributed by atoms with Crippen LogP contribution >= 0.6 is 0 Å². The summed E-state index contributed by atoms with van der Waals surface area (Å²) in [6.07, 6.45) is 1.35. The van der Waals surface area contributed by atoms with Crippen molar-refractivity contribution in [2.45, 2.75) is 39.3 Å². The van der Waals surface area contributed by atoms with E-state index < -0.39 is 0 Å². The number of rotatable bonds is 6. The van der Waals surface area contributed by atoms with Crippen molar-refractivity contribution < 1.29 is 4.74 Å². The molecule has 0 aromatic heterocycles. The molecular formula is C13H21NO. The molecule has 2 atom stereocenters. The van der Waals surface area contributed by atoms with Gasteiger partial charge in [0.2, 0.25) is 0 Å². The molecule has 0 aliphatic carbocycles. The van der Waals surface area contributed by atoms with E-state index in [0.29, 0.717) is 6.04 Å². The second-order valence-electron chi connectivity index (χ2n) is 3.88. The maximum absolute atomic E-state index is 5.81. The second-order valence-corrected chi connectivity index (χ2v) is 3.88. The van der Waals surface area contributed by atoms with E-state index in [2.05, 4.69) is 26.1 Å². The molecular weight excluding hydrogens is 186 g/mol. The van der Waals surface area contributed by atoms with Gasteiger partial charge in [-0.3, -0.25) is 0 Å². The van der Waals surface area contributed by atoms with Crippen molar-refractivity contribution in [1.82, 2.24) is 5.32 Å². The average molecular weight is 207 g/mol. The van der Waals surface area contributed by atoms with Crippen LogP contribution < -0.4 is 10.1 Å². The molecule has 0 aliphatic rings. The van der Waals surface area contributed by atoms with Gasteiger partial charge >= 0.3 is 0 Å². The second kappa shape index (κ2) is 6.46. The van der Waals surface area contributed by atoms with Gasteiger partial charge in [-0.1, -0.05) is 25.1 Å². The van der Waals surface area contributed by atoms with Crippen LogP contribution in [0.25, 0.3) is 0 Å². The monoisotopic (exact) mass is 207 g/mol. The Morgan fingerprint density at radius 2 is 1.87 bits per heavy atom. The summed E-state index contributed by atoms with van der Waals surface area (Å²) in [5.74, 6) is 0.940. The van der Waals surface area contributed by atoms with E-state index in [4.69, 9.17) is 4.74 Å². The van der Waals surface area contributed by atoms with E-state index in [0.717, 1.165) is 18.7 Å². The molecule has 15 heavy (non-hydrogen) atoms. The van der Waals surface area contributed by atoms with Crippen LogP contribution in [0.3, 0.4) is 0 Å². The van der Waals surface area contributed by atoms with E-state index in [9.17, 15) is 0 Å². The fourth-order valence-electron chi connectivity index (χ4n) is 1.35. The zero-order valence-electron chi connectivity index (χ0n) is 9.86. The SMILES string of the molecule is CCCNC(C)C(C)Oc1ccccc1. The normalized spacial score (nSPS) is 14.6. The van der Waals surface area contributed by atoms with E-state index in [1.807, 2.05) is 30.3 Å². The highest BCUT2D eigenvalue weighted by Crippen LogP contribution is 2.12. The first-order valence-electron chi connectivity index (χ1n) is 5.69. The molecule has 84 valence electrons. The molecule has 1 aromatic rings. The Morgan fingerprint density at radius 1 is 1.20 bits per heavy atom. The van der Waals surface area contributed by atoms with E-state index >= 15 is 0 Å². The summed E-state index contributed by atoms with van der Waals surface area (Å²) in [6, 6.07) is 10.3. The van der Waals surface area contributed by atoms with Gasteiger partial charge in [-0.05, 0) is 38.9 Å². The lowest BCUT2D eigenvalue weighted by Gasteiger charge is -2.22. The largest absolute Gasteiger partial charge is 0.489 e. The van der Waals surface area contributed by atoms with E-state index in [1.54, 1.807) is 0 Å². The van der Waals surface area contributed by atoms with Crippen molar-refractivity contribution >= 4 is 0 Å². The molecule has 2 nitrogen and oxygen atoms in total. The van der Waals surface area contributed by atoms with Crippen LogP contribution in [0.5, 0.6) is 5.75 Å². The van der Waals surface area contributed by atoms with Gasteiger partial charge in [-0.25, -0.2) is 0 Å². The number of hydrogen-bond acceptors (Lipinski definition) is 2. The van der Waals surface area contributed by atoms with Gasteiger partial charge in [0.15, 0.2) is 0 Å². The number of hydrogen-bond donors (Lipinski definition) is 1. The summed E-state index contributed by atoms with van der Waals surface area (Å²) in [4.78, 5) is 0. The van der Waals surface area contributed by atoms with Crippen LogP contribution in [0.1, 0.15) is 27.2 Å². The molecule has 0 spiro atoms. The van der Waals surface area contributed by atoms with Gasteiger partial charge in [-0.2, -0.15) is 0 Å². The molecule has 0 bridgehead atoms. The molecule has 0 amide bonds. The van der Waals surface area contributed by atoms with Gasteiger partial charge in [0, 0.05) is 6.04 Å². The minimum atomic E-state index is 0.193. The van der Waals surface area contributed by atoms with Crippen molar-refractivity contribution in [3.63, 3.8) is 0 Å². The Bertz CT molecular complexity index is 260. The minimum absolute atomic E-state index is 0.193. The molecule has 0 saturated heterocycles. The summed E-state index contributed by atoms with van der Waals surface area (Å²) in [7, 11) is 0. The maximum Gasteiger partial charge on any atom is 0.119 e. The molecule has 2 unspecified atom stereocenters. The Hall–Kier alpha value is -1.02. The number of benzene rings is 1. The predicted octanol–water partition coefficient (Wildman–Crippen LogP) is 2.84. The quantitative estimate of drug-likeness (QED) is 0.774. The van der Waals surface area contributed by atoms with Gasteiger partial charge in [0.25, 0.3) is 0 Å². The van der Waals surface area contributed by atoms with Gasteiger partial charge in [0.05, 0.1) is 0 Å². The van der Waals surface area contributed by atoms with Crippen molar-refractivity contribution in [3.8, 4) is 5.75 Å². The molecule has 0 saturated carbocycles. The standard InChI is InChI=1S/C13H21NO/c1-4-10-14-11(2)12(3)15-13-8-6-5-7-9-13/h5-9,11-12,14H,4,10H2,1-3H3. The molecule has 0 aliphatic heterocycles. The Morgan fingerprint density at radius 3 is 2.47 bits per heavy atom. The van der Waals surface area contributed by atoms with E-state index in [1.165, 1.54) is 0 Å². The Balaban J connectivity index is 2.38. The third-order valence-corrected chi connectivity index (χ3v) is 2.49. The minimum Gasteiger partial charge on any atom is -0.489 e. The lowest BCUT2D eigenvalue weighted by molar-refractivity contribution is 0.178. The van der Waals surface area contributed by atoms with Gasteiger partial charge in [0.1, 0.15) is 11.9 Å². The molecule has 2 heteroatoms. The molecule has 1 aromatic carbocycles. The highest BCUT2D eigenvalue weighted by atomic mass is 16.5. The molecule has 1 rings (SSSR count). The first-order valence-corrected chi connectivity index (χ1v) is 5.69. The Labute approximate surface area is 92.6 Å². The summed E-state index contributed by atoms with van der Waals surface area (Å²) in [5, 5.41) is 3.43. The highest BCUT2D eigenvalue weighted by molar-refractivity contribution is 5.21. The van der Waals surface area contributed by atoms with Crippen LogP contribution in [-0.2, 0) is 0 Å². The number of ether oxygens (including phenoxy) is 1. The maximum atomic E-state index is 5.81. The summed E-state index contributed by atoms with van der Waals surface area (Å²) >= 11 is 0. The van der Waals surface area contributed by atoms with Gasteiger partial charge in [-0.15, -0.1) is 0 Å². The van der Waals surface area contributed by atoms with Crippen LogP contribution in [0.4, 0.5) is 0 Å². The third-order valence-electron chi connectivity index (χ3n) is 2.49. The first-order chi connectivity index (χ1) is 7.24. The van der Waals surface area contributed by atoms with Crippen molar-refractivity contribution in [1.29, 1.82) is 0 Å². The smallest absolute Gasteiger partial charge is 0.119 e. The van der Waals surface area contributed by atoms with Crippen LogP contribution in [-0.4, -0.2) is 18.7 Å². The first kappa shape index (κ1) is 12.1. The van der Waals surface area contributed by atoms with E-state index in [-0.39, 0.29) is 6.10 Å². The fourth-order valence-corrected chi connectivity index (χ4v) is 1.35. The van der Waals surface area contributed by atoms with Crippen molar-refractivity contribution in [2.75, 3.05) is 6.54 Å². The number of para-hydroxylation sites is 1. The predicted molar refractivity (Wildman–Crippen MR) is 64.3 cm³/mol. The highest BCUT2D eigenvalue weighted by Gasteiger charge is 2.12. The Kier molecular flexibility index (Phi) is 5.19. The molecule has 1 N–H and O–H groups in total. The average Bonchev–Trinajstić information content (AvgIpc) is 2.27. The zero-order valence-corrected chi connectivity index (χ0v) is 9.86. The fraction of sp³-hybridized carbons (Fsp3) is 0.538.